The van der Waals surface area contributed by atoms with Gasteiger partial charge in [0.25, 0.3) is 5.91 Å². The first kappa shape index (κ1) is 20.1. The largest absolute Gasteiger partial charge is 0.378 e. The second-order valence-electron chi connectivity index (χ2n) is 7.59. The van der Waals surface area contributed by atoms with Crippen LogP contribution in [-0.4, -0.2) is 62.0 Å². The highest BCUT2D eigenvalue weighted by atomic mass is 16.5. The molecule has 0 saturated carbocycles. The molecule has 1 atom stereocenters. The Morgan fingerprint density at radius 1 is 0.967 bits per heavy atom. The summed E-state index contributed by atoms with van der Waals surface area (Å²) in [4.78, 5) is 44.2. The summed E-state index contributed by atoms with van der Waals surface area (Å²) < 4.78 is 5.32. The lowest BCUT2D eigenvalue weighted by molar-refractivity contribution is -0.135. The van der Waals surface area contributed by atoms with Crippen LogP contribution in [-0.2, 0) is 14.3 Å². The third-order valence-corrected chi connectivity index (χ3v) is 5.53. The summed E-state index contributed by atoms with van der Waals surface area (Å²) in [6.07, 6.45) is 0. The molecule has 1 unspecified atom stereocenters. The number of hydrogen-bond donors (Lipinski definition) is 0. The fourth-order valence-electron chi connectivity index (χ4n) is 3.90. The van der Waals surface area contributed by atoms with Crippen molar-refractivity contribution in [2.75, 3.05) is 49.2 Å². The van der Waals surface area contributed by atoms with Gasteiger partial charge in [-0.3, -0.25) is 14.4 Å². The molecule has 7 heteroatoms. The van der Waals surface area contributed by atoms with E-state index in [1.807, 2.05) is 36.4 Å². The van der Waals surface area contributed by atoms with Gasteiger partial charge in [0.1, 0.15) is 6.54 Å². The topological polar surface area (TPSA) is 70.2 Å². The molecule has 0 aliphatic carbocycles. The molecule has 0 aromatic heterocycles. The average Bonchev–Trinajstić information content (AvgIpc) is 2.90. The number of para-hydroxylation sites is 2. The molecule has 0 spiro atoms. The molecule has 2 aliphatic heterocycles. The molecule has 2 heterocycles. The highest BCUT2D eigenvalue weighted by molar-refractivity contribution is 6.12. The van der Waals surface area contributed by atoms with Gasteiger partial charge in [-0.15, -0.1) is 0 Å². The summed E-state index contributed by atoms with van der Waals surface area (Å²) in [6.45, 7) is 4.07. The maximum atomic E-state index is 13.3. The molecule has 2 aromatic carbocycles. The van der Waals surface area contributed by atoms with E-state index in [9.17, 15) is 14.4 Å². The molecule has 3 amide bonds. The zero-order chi connectivity index (χ0) is 21.1. The molecule has 156 valence electrons. The quantitative estimate of drug-likeness (QED) is 0.782. The number of anilines is 2. The highest BCUT2D eigenvalue weighted by Crippen LogP contribution is 2.35. The molecule has 30 heavy (non-hydrogen) atoms. The predicted molar refractivity (Wildman–Crippen MR) is 113 cm³/mol. The number of rotatable bonds is 3. The number of carbonyl (C=O) groups excluding carboxylic acids is 3. The molecule has 2 aromatic rings. The van der Waals surface area contributed by atoms with Crippen LogP contribution in [0.3, 0.4) is 0 Å². The normalized spacial score (nSPS) is 19.3. The number of amides is 3. The third-order valence-electron chi connectivity index (χ3n) is 5.53. The van der Waals surface area contributed by atoms with Crippen LogP contribution in [0.15, 0.2) is 54.6 Å². The van der Waals surface area contributed by atoms with E-state index in [-0.39, 0.29) is 30.8 Å². The maximum absolute atomic E-state index is 13.3. The van der Waals surface area contributed by atoms with Crippen molar-refractivity contribution in [3.05, 3.63) is 60.2 Å². The summed E-state index contributed by atoms with van der Waals surface area (Å²) >= 11 is 0. The SMILES string of the molecule is CC1CN(C(=O)c2ccccc2)c2ccccc2N(CC(=O)N2CCOCC2)C1=O. The van der Waals surface area contributed by atoms with Crippen LogP contribution >= 0.6 is 0 Å². The highest BCUT2D eigenvalue weighted by Gasteiger charge is 2.35. The van der Waals surface area contributed by atoms with Crippen LogP contribution in [0.5, 0.6) is 0 Å². The van der Waals surface area contributed by atoms with E-state index < -0.39 is 5.92 Å². The minimum absolute atomic E-state index is 0.0481. The van der Waals surface area contributed by atoms with Crippen molar-refractivity contribution in [2.45, 2.75) is 6.92 Å². The second kappa shape index (κ2) is 8.67. The van der Waals surface area contributed by atoms with E-state index in [0.29, 0.717) is 43.2 Å². The van der Waals surface area contributed by atoms with Gasteiger partial charge in [-0.2, -0.15) is 0 Å². The van der Waals surface area contributed by atoms with E-state index in [2.05, 4.69) is 0 Å². The Kier molecular flexibility index (Phi) is 5.81. The number of morpholine rings is 1. The number of ether oxygens (including phenoxy) is 1. The third kappa shape index (κ3) is 3.93. The number of hydrogen-bond acceptors (Lipinski definition) is 4. The Labute approximate surface area is 175 Å². The standard InChI is InChI=1S/C23H25N3O4/c1-17-15-25(23(29)18-7-3-2-4-8-18)19-9-5-6-10-20(19)26(22(17)28)16-21(27)24-11-13-30-14-12-24/h2-10,17H,11-16H2,1H3. The summed E-state index contributed by atoms with van der Waals surface area (Å²) in [5, 5.41) is 0. The van der Waals surface area contributed by atoms with Crippen molar-refractivity contribution in [1.29, 1.82) is 0 Å². The molecule has 0 bridgehead atoms. The van der Waals surface area contributed by atoms with Gasteiger partial charge in [0, 0.05) is 25.2 Å². The molecule has 1 saturated heterocycles. The van der Waals surface area contributed by atoms with Gasteiger partial charge in [-0.1, -0.05) is 37.3 Å². The Hall–Kier alpha value is -3.19. The van der Waals surface area contributed by atoms with Crippen molar-refractivity contribution >= 4 is 29.1 Å². The number of nitrogens with zero attached hydrogens (tertiary/aromatic N) is 3. The van der Waals surface area contributed by atoms with Crippen LogP contribution in [0.25, 0.3) is 0 Å². The number of carbonyl (C=O) groups is 3. The van der Waals surface area contributed by atoms with Crippen molar-refractivity contribution in [2.24, 2.45) is 5.92 Å². The first-order valence-corrected chi connectivity index (χ1v) is 10.2. The number of benzene rings is 2. The molecule has 7 nitrogen and oxygen atoms in total. The van der Waals surface area contributed by atoms with Crippen molar-refractivity contribution in [1.82, 2.24) is 4.90 Å². The Balaban J connectivity index is 1.68. The first-order valence-electron chi connectivity index (χ1n) is 10.2. The zero-order valence-electron chi connectivity index (χ0n) is 17.0. The predicted octanol–water partition coefficient (Wildman–Crippen LogP) is 2.17. The Morgan fingerprint density at radius 2 is 1.60 bits per heavy atom. The van der Waals surface area contributed by atoms with Gasteiger partial charge in [0.2, 0.25) is 11.8 Å². The minimum Gasteiger partial charge on any atom is -0.378 e. The van der Waals surface area contributed by atoms with Crippen molar-refractivity contribution in [3.8, 4) is 0 Å². The molecular formula is C23H25N3O4. The minimum atomic E-state index is -0.442. The van der Waals surface area contributed by atoms with Gasteiger partial charge in [-0.05, 0) is 24.3 Å². The first-order chi connectivity index (χ1) is 14.6. The smallest absolute Gasteiger partial charge is 0.258 e. The van der Waals surface area contributed by atoms with Gasteiger partial charge < -0.3 is 19.4 Å². The fraction of sp³-hybridized carbons (Fsp3) is 0.348. The van der Waals surface area contributed by atoms with Crippen LogP contribution in [0.4, 0.5) is 11.4 Å². The molecule has 2 aliphatic rings. The summed E-state index contributed by atoms with van der Waals surface area (Å²) in [7, 11) is 0. The lowest BCUT2D eigenvalue weighted by Gasteiger charge is -2.30. The molecular weight excluding hydrogens is 382 g/mol. The molecule has 0 radical (unpaired) electrons. The van der Waals surface area contributed by atoms with E-state index in [4.69, 9.17) is 4.74 Å². The summed E-state index contributed by atoms with van der Waals surface area (Å²) in [5.74, 6) is -0.879. The van der Waals surface area contributed by atoms with E-state index in [0.717, 1.165) is 0 Å². The molecule has 1 fully saturated rings. The van der Waals surface area contributed by atoms with Gasteiger partial charge in [-0.25, -0.2) is 0 Å². The lowest BCUT2D eigenvalue weighted by atomic mass is 10.1. The van der Waals surface area contributed by atoms with Crippen molar-refractivity contribution < 1.29 is 19.1 Å². The summed E-state index contributed by atoms with van der Waals surface area (Å²) in [5.41, 5.74) is 1.78. The maximum Gasteiger partial charge on any atom is 0.258 e. The van der Waals surface area contributed by atoms with Gasteiger partial charge in [0.05, 0.1) is 30.5 Å². The van der Waals surface area contributed by atoms with Gasteiger partial charge in [0.15, 0.2) is 0 Å². The van der Waals surface area contributed by atoms with Crippen molar-refractivity contribution in [3.63, 3.8) is 0 Å². The molecule has 0 N–H and O–H groups in total. The molecule has 4 rings (SSSR count). The number of fused-ring (bicyclic) bond motifs is 1. The van der Waals surface area contributed by atoms with Gasteiger partial charge >= 0.3 is 0 Å². The zero-order valence-corrected chi connectivity index (χ0v) is 17.0. The van der Waals surface area contributed by atoms with Crippen LogP contribution in [0.2, 0.25) is 0 Å². The second-order valence-corrected chi connectivity index (χ2v) is 7.59. The monoisotopic (exact) mass is 407 g/mol. The Morgan fingerprint density at radius 3 is 2.30 bits per heavy atom. The van der Waals surface area contributed by atoms with Crippen LogP contribution in [0, 0.1) is 5.92 Å². The van der Waals surface area contributed by atoms with Crippen LogP contribution < -0.4 is 9.80 Å². The van der Waals surface area contributed by atoms with E-state index in [1.165, 1.54) is 4.90 Å². The average molecular weight is 407 g/mol. The van der Waals surface area contributed by atoms with E-state index >= 15 is 0 Å². The fourth-order valence-corrected chi connectivity index (χ4v) is 3.90. The lowest BCUT2D eigenvalue weighted by Crippen LogP contribution is -2.48. The summed E-state index contributed by atoms with van der Waals surface area (Å²) in [6, 6.07) is 16.3. The van der Waals surface area contributed by atoms with Crippen LogP contribution in [0.1, 0.15) is 17.3 Å². The Bertz CT molecular complexity index is 940. The van der Waals surface area contributed by atoms with E-state index in [1.54, 1.807) is 34.9 Å².